The number of carbonyl (C=O) groups excluding carboxylic acids is 1. The number of hydrogen-bond donors (Lipinski definition) is 0. The maximum atomic E-state index is 12.4. The molecule has 3 rings (SSSR count). The lowest BCUT2D eigenvalue weighted by Crippen LogP contribution is -2.14. The minimum absolute atomic E-state index is 0.0589. The summed E-state index contributed by atoms with van der Waals surface area (Å²) in [6.07, 6.45) is 0.263. The summed E-state index contributed by atoms with van der Waals surface area (Å²) in [6.45, 7) is 1.92. The van der Waals surface area contributed by atoms with Crippen molar-refractivity contribution in [3.63, 3.8) is 0 Å². The first-order valence-electron chi connectivity index (χ1n) is 8.92. The number of carbonyl (C=O) groups is 1. The lowest BCUT2D eigenvalue weighted by Gasteiger charge is -2.05. The first kappa shape index (κ1) is 21.5. The number of rotatable bonds is 6. The zero-order valence-corrected chi connectivity index (χ0v) is 18.7. The number of nitrogens with zero attached hydrogens (tertiary/aromatic N) is 2. The third kappa shape index (κ3) is 4.71. The van der Waals surface area contributed by atoms with Gasteiger partial charge < -0.3 is 9.30 Å². The molecule has 0 unspecified atom stereocenters. The Hall–Kier alpha value is -2.16. The molecule has 1 heterocycles. The summed E-state index contributed by atoms with van der Waals surface area (Å²) >= 11 is 7.58. The number of sulfone groups is 1. The van der Waals surface area contributed by atoms with Gasteiger partial charge in [0.15, 0.2) is 14.6 Å². The molecule has 3 aromatic rings. The molecule has 0 atom stereocenters. The van der Waals surface area contributed by atoms with E-state index in [-0.39, 0.29) is 29.4 Å². The van der Waals surface area contributed by atoms with Gasteiger partial charge in [-0.25, -0.2) is 8.42 Å². The number of hydrogen-bond acceptors (Lipinski definition) is 5. The molecular weight excluding hydrogens is 432 g/mol. The molecule has 0 spiro atoms. The molecule has 0 aliphatic rings. The maximum absolute atomic E-state index is 12.4. The molecule has 0 aliphatic heterocycles. The van der Waals surface area contributed by atoms with E-state index in [0.29, 0.717) is 15.6 Å². The normalized spacial score (nSPS) is 12.5. The van der Waals surface area contributed by atoms with Crippen LogP contribution in [0.1, 0.15) is 18.4 Å². The Morgan fingerprint density at radius 2 is 1.90 bits per heavy atom. The number of benzene rings is 2. The van der Waals surface area contributed by atoms with E-state index in [4.69, 9.17) is 16.3 Å². The van der Waals surface area contributed by atoms with Crippen LogP contribution < -0.4 is 9.54 Å². The Morgan fingerprint density at radius 3 is 2.55 bits per heavy atom. The van der Waals surface area contributed by atoms with E-state index in [9.17, 15) is 13.2 Å². The van der Waals surface area contributed by atoms with Crippen molar-refractivity contribution >= 4 is 48.9 Å². The van der Waals surface area contributed by atoms with Crippen molar-refractivity contribution in [2.75, 3.05) is 12.9 Å². The molecule has 0 bridgehead atoms. The number of aryl methyl sites for hydroxylation is 2. The summed E-state index contributed by atoms with van der Waals surface area (Å²) in [5.74, 6) is 0.125. The number of ether oxygens (including phenoxy) is 1. The molecule has 29 heavy (non-hydrogen) atoms. The van der Waals surface area contributed by atoms with Gasteiger partial charge in [0.1, 0.15) is 5.75 Å². The molecule has 0 aliphatic carbocycles. The fourth-order valence-electron chi connectivity index (χ4n) is 2.99. The number of halogens is 1. The van der Waals surface area contributed by atoms with Crippen molar-refractivity contribution in [3.8, 4) is 5.75 Å². The zero-order valence-electron chi connectivity index (χ0n) is 16.3. The van der Waals surface area contributed by atoms with E-state index in [0.717, 1.165) is 15.8 Å². The summed E-state index contributed by atoms with van der Waals surface area (Å²) in [4.78, 5) is 17.2. The summed E-state index contributed by atoms with van der Waals surface area (Å²) in [5.41, 5.74) is 1.87. The standard InChI is InChI=1S/C20H21ClN2O4S2/c1-13-16(21)10-11-17-19(13)23(2)20(28-17)22-18(24)5-4-12-29(25,26)15-8-6-14(27-3)7-9-15/h6-11H,4-5,12H2,1-3H3. The van der Waals surface area contributed by atoms with Crippen LogP contribution in [-0.4, -0.2) is 31.8 Å². The fourth-order valence-corrected chi connectivity index (χ4v) is 5.55. The molecule has 1 aromatic heterocycles. The van der Waals surface area contributed by atoms with Crippen molar-refractivity contribution in [3.05, 3.63) is 51.8 Å². The summed E-state index contributed by atoms with van der Waals surface area (Å²) in [5, 5.41) is 0.660. The second-order valence-electron chi connectivity index (χ2n) is 6.57. The van der Waals surface area contributed by atoms with E-state index in [2.05, 4.69) is 4.99 Å². The smallest absolute Gasteiger partial charge is 0.248 e. The van der Waals surface area contributed by atoms with Crippen LogP contribution >= 0.6 is 22.9 Å². The Balaban J connectivity index is 1.70. The average Bonchev–Trinajstić information content (AvgIpc) is 3.00. The molecule has 154 valence electrons. The van der Waals surface area contributed by atoms with Gasteiger partial charge in [0.05, 0.1) is 28.0 Å². The Labute approximate surface area is 178 Å². The third-order valence-electron chi connectivity index (χ3n) is 4.59. The molecule has 0 saturated carbocycles. The Bertz CT molecular complexity index is 1230. The molecular formula is C20H21ClN2O4S2. The van der Waals surface area contributed by atoms with E-state index in [1.165, 1.54) is 30.6 Å². The Morgan fingerprint density at radius 1 is 1.21 bits per heavy atom. The van der Waals surface area contributed by atoms with Crippen molar-refractivity contribution < 1.29 is 17.9 Å². The van der Waals surface area contributed by atoms with Gasteiger partial charge in [0.25, 0.3) is 0 Å². The van der Waals surface area contributed by atoms with E-state index < -0.39 is 9.84 Å². The van der Waals surface area contributed by atoms with Crippen LogP contribution in [0.3, 0.4) is 0 Å². The van der Waals surface area contributed by atoms with Gasteiger partial charge in [-0.1, -0.05) is 22.9 Å². The molecule has 2 aromatic carbocycles. The average molecular weight is 453 g/mol. The number of methoxy groups -OCH3 is 1. The summed E-state index contributed by atoms with van der Waals surface area (Å²) in [6, 6.07) is 9.94. The minimum atomic E-state index is -3.46. The van der Waals surface area contributed by atoms with Gasteiger partial charge in [-0.3, -0.25) is 4.79 Å². The highest BCUT2D eigenvalue weighted by atomic mass is 35.5. The highest BCUT2D eigenvalue weighted by Crippen LogP contribution is 2.26. The van der Waals surface area contributed by atoms with Crippen LogP contribution in [0.25, 0.3) is 10.2 Å². The number of fused-ring (bicyclic) bond motifs is 1. The summed E-state index contributed by atoms with van der Waals surface area (Å²) < 4.78 is 32.7. The quantitative estimate of drug-likeness (QED) is 0.568. The highest BCUT2D eigenvalue weighted by Gasteiger charge is 2.15. The van der Waals surface area contributed by atoms with Crippen LogP contribution in [0.2, 0.25) is 5.02 Å². The van der Waals surface area contributed by atoms with E-state index >= 15 is 0 Å². The molecule has 0 N–H and O–H groups in total. The molecule has 0 saturated heterocycles. The molecule has 6 nitrogen and oxygen atoms in total. The third-order valence-corrected chi connectivity index (χ3v) is 7.92. The van der Waals surface area contributed by atoms with Crippen LogP contribution in [-0.2, 0) is 21.7 Å². The Kier molecular flexibility index (Phi) is 6.45. The van der Waals surface area contributed by atoms with E-state index in [1.54, 1.807) is 12.1 Å². The molecule has 1 amide bonds. The number of aromatic nitrogens is 1. The first-order valence-corrected chi connectivity index (χ1v) is 11.8. The molecule has 0 fully saturated rings. The highest BCUT2D eigenvalue weighted by molar-refractivity contribution is 7.91. The second-order valence-corrected chi connectivity index (χ2v) is 10.1. The predicted octanol–water partition coefficient (Wildman–Crippen LogP) is 3.89. The van der Waals surface area contributed by atoms with Gasteiger partial charge in [-0.2, -0.15) is 4.99 Å². The monoisotopic (exact) mass is 452 g/mol. The predicted molar refractivity (Wildman–Crippen MR) is 115 cm³/mol. The summed E-state index contributed by atoms with van der Waals surface area (Å²) in [7, 11) is -0.105. The van der Waals surface area contributed by atoms with Crippen LogP contribution in [0.15, 0.2) is 46.3 Å². The number of thiazole rings is 1. The molecule has 0 radical (unpaired) electrons. The lowest BCUT2D eigenvalue weighted by molar-refractivity contribution is -0.118. The second kappa shape index (κ2) is 8.69. The zero-order chi connectivity index (χ0) is 21.2. The number of amides is 1. The van der Waals surface area contributed by atoms with Crippen molar-refractivity contribution in [2.24, 2.45) is 12.0 Å². The lowest BCUT2D eigenvalue weighted by atomic mass is 10.2. The molecule has 9 heteroatoms. The van der Waals surface area contributed by atoms with Gasteiger partial charge in [-0.05, 0) is 55.3 Å². The van der Waals surface area contributed by atoms with Gasteiger partial charge in [-0.15, -0.1) is 0 Å². The van der Waals surface area contributed by atoms with Gasteiger partial charge in [0.2, 0.25) is 5.91 Å². The van der Waals surface area contributed by atoms with Crippen LogP contribution in [0.4, 0.5) is 0 Å². The van der Waals surface area contributed by atoms with Gasteiger partial charge in [0, 0.05) is 18.5 Å². The maximum Gasteiger partial charge on any atom is 0.248 e. The van der Waals surface area contributed by atoms with Crippen LogP contribution in [0, 0.1) is 6.92 Å². The fraction of sp³-hybridized carbons (Fsp3) is 0.300. The SMILES string of the molecule is COc1ccc(S(=O)(=O)CCCC(=O)N=c2sc3ccc(Cl)c(C)c3n2C)cc1. The topological polar surface area (TPSA) is 77.7 Å². The van der Waals surface area contributed by atoms with Gasteiger partial charge >= 0.3 is 0 Å². The van der Waals surface area contributed by atoms with E-state index in [1.807, 2.05) is 30.7 Å². The van der Waals surface area contributed by atoms with Crippen molar-refractivity contribution in [2.45, 2.75) is 24.7 Å². The minimum Gasteiger partial charge on any atom is -0.497 e. The van der Waals surface area contributed by atoms with Crippen LogP contribution in [0.5, 0.6) is 5.75 Å². The first-order chi connectivity index (χ1) is 13.7. The largest absolute Gasteiger partial charge is 0.497 e. The van der Waals surface area contributed by atoms with Crippen molar-refractivity contribution in [1.29, 1.82) is 0 Å². The van der Waals surface area contributed by atoms with Crippen molar-refractivity contribution in [1.82, 2.24) is 4.57 Å².